The van der Waals surface area contributed by atoms with Crippen LogP contribution in [0.2, 0.25) is 0 Å². The second kappa shape index (κ2) is 6.20. The standard InChI is InChI=1S/C18H16O5S/c1-12(19)13-7-8-17-16(9-13)18(10-14(20)11-23-17)24(21,22)15-5-3-2-4-6-15/h2-9,18H,10-11H2,1H3. The zero-order chi connectivity index (χ0) is 17.3. The van der Waals surface area contributed by atoms with E-state index in [4.69, 9.17) is 4.74 Å². The van der Waals surface area contributed by atoms with Crippen molar-refractivity contribution in [3.05, 3.63) is 59.7 Å². The molecule has 6 heteroatoms. The lowest BCUT2D eigenvalue weighted by atomic mass is 10.0. The van der Waals surface area contributed by atoms with E-state index in [-0.39, 0.29) is 29.5 Å². The van der Waals surface area contributed by atoms with Crippen molar-refractivity contribution in [3.8, 4) is 5.75 Å². The number of Topliss-reactive ketones (excluding diaryl/α,β-unsaturated/α-hetero) is 2. The lowest BCUT2D eigenvalue weighted by Crippen LogP contribution is -2.17. The maximum Gasteiger partial charge on any atom is 0.185 e. The van der Waals surface area contributed by atoms with E-state index in [1.807, 2.05) is 0 Å². The number of hydrogen-bond donors (Lipinski definition) is 0. The smallest absolute Gasteiger partial charge is 0.185 e. The molecule has 1 aliphatic heterocycles. The molecule has 0 radical (unpaired) electrons. The van der Waals surface area contributed by atoms with E-state index in [9.17, 15) is 18.0 Å². The molecular weight excluding hydrogens is 328 g/mol. The molecule has 3 rings (SSSR count). The fourth-order valence-electron chi connectivity index (χ4n) is 2.74. The van der Waals surface area contributed by atoms with E-state index in [2.05, 4.69) is 0 Å². The van der Waals surface area contributed by atoms with Crippen LogP contribution in [-0.2, 0) is 14.6 Å². The molecule has 24 heavy (non-hydrogen) atoms. The second-order valence-electron chi connectivity index (χ2n) is 5.69. The molecule has 0 bridgehead atoms. The minimum Gasteiger partial charge on any atom is -0.486 e. The van der Waals surface area contributed by atoms with E-state index >= 15 is 0 Å². The molecule has 0 aliphatic carbocycles. The molecular formula is C18H16O5S. The van der Waals surface area contributed by atoms with Crippen LogP contribution in [0.15, 0.2) is 53.4 Å². The Kier molecular flexibility index (Phi) is 4.24. The van der Waals surface area contributed by atoms with Crippen LogP contribution >= 0.6 is 0 Å². The molecule has 0 saturated heterocycles. The van der Waals surface area contributed by atoms with Crippen molar-refractivity contribution in [3.63, 3.8) is 0 Å². The zero-order valence-electron chi connectivity index (χ0n) is 13.1. The molecule has 0 N–H and O–H groups in total. The number of fused-ring (bicyclic) bond motifs is 1. The van der Waals surface area contributed by atoms with Crippen LogP contribution in [0.25, 0.3) is 0 Å². The summed E-state index contributed by atoms with van der Waals surface area (Å²) in [6.45, 7) is 1.23. The van der Waals surface area contributed by atoms with E-state index in [0.717, 1.165) is 0 Å². The Bertz CT molecular complexity index is 900. The normalized spacial score (nSPS) is 17.5. The highest BCUT2D eigenvalue weighted by Gasteiger charge is 2.35. The third-order valence-corrected chi connectivity index (χ3v) is 6.11. The molecule has 2 aromatic rings. The van der Waals surface area contributed by atoms with Gasteiger partial charge in [-0.1, -0.05) is 18.2 Å². The number of sulfone groups is 1. The van der Waals surface area contributed by atoms with Gasteiger partial charge >= 0.3 is 0 Å². The SMILES string of the molecule is CC(=O)c1ccc2c(c1)C(S(=O)(=O)c1ccccc1)CC(=O)CO2. The fourth-order valence-corrected chi connectivity index (χ4v) is 4.52. The summed E-state index contributed by atoms with van der Waals surface area (Å²) in [5, 5.41) is -1.07. The molecule has 0 aromatic heterocycles. The molecule has 5 nitrogen and oxygen atoms in total. The molecule has 124 valence electrons. The topological polar surface area (TPSA) is 77.5 Å². The van der Waals surface area contributed by atoms with Crippen LogP contribution in [0, 0.1) is 0 Å². The largest absolute Gasteiger partial charge is 0.486 e. The van der Waals surface area contributed by atoms with E-state index in [1.54, 1.807) is 30.3 Å². The molecule has 0 fully saturated rings. The number of carbonyl (C=O) groups is 2. The van der Waals surface area contributed by atoms with Gasteiger partial charge in [-0.2, -0.15) is 0 Å². The highest BCUT2D eigenvalue weighted by atomic mass is 32.2. The predicted octanol–water partition coefficient (Wildman–Crippen LogP) is 2.76. The van der Waals surface area contributed by atoms with Crippen LogP contribution in [-0.4, -0.2) is 26.6 Å². The average Bonchev–Trinajstić information content (AvgIpc) is 2.75. The number of carbonyl (C=O) groups excluding carboxylic acids is 2. The molecule has 0 saturated carbocycles. The lowest BCUT2D eigenvalue weighted by Gasteiger charge is -2.17. The maximum atomic E-state index is 13.0. The van der Waals surface area contributed by atoms with Crippen LogP contribution in [0.1, 0.15) is 34.5 Å². The summed E-state index contributed by atoms with van der Waals surface area (Å²) in [6, 6.07) is 12.6. The van der Waals surface area contributed by atoms with Crippen LogP contribution in [0.4, 0.5) is 0 Å². The fraction of sp³-hybridized carbons (Fsp3) is 0.222. The van der Waals surface area contributed by atoms with Crippen LogP contribution in [0.5, 0.6) is 5.75 Å². The number of ketones is 2. The molecule has 1 unspecified atom stereocenters. The van der Waals surface area contributed by atoms with Gasteiger partial charge in [0.15, 0.2) is 21.4 Å². The monoisotopic (exact) mass is 344 g/mol. The van der Waals surface area contributed by atoms with Crippen molar-refractivity contribution in [1.82, 2.24) is 0 Å². The summed E-state index contributed by atoms with van der Waals surface area (Å²) in [5.74, 6) is -0.139. The highest BCUT2D eigenvalue weighted by Crippen LogP contribution is 2.39. The minimum atomic E-state index is -3.79. The van der Waals surface area contributed by atoms with Crippen molar-refractivity contribution >= 4 is 21.4 Å². The third kappa shape index (κ3) is 2.97. The lowest BCUT2D eigenvalue weighted by molar-refractivity contribution is -0.120. The molecule has 1 aliphatic rings. The van der Waals surface area contributed by atoms with Crippen molar-refractivity contribution in [1.29, 1.82) is 0 Å². The van der Waals surface area contributed by atoms with E-state index in [0.29, 0.717) is 16.9 Å². The quantitative estimate of drug-likeness (QED) is 0.800. The molecule has 2 aromatic carbocycles. The Labute approximate surface area is 140 Å². The Morgan fingerprint density at radius 3 is 2.50 bits per heavy atom. The third-order valence-electron chi connectivity index (χ3n) is 4.01. The summed E-state index contributed by atoms with van der Waals surface area (Å²) in [7, 11) is -3.79. The maximum absolute atomic E-state index is 13.0. The second-order valence-corrected chi connectivity index (χ2v) is 7.82. The van der Waals surface area contributed by atoms with Gasteiger partial charge in [-0.25, -0.2) is 8.42 Å². The molecule has 0 spiro atoms. The first-order valence-corrected chi connectivity index (χ1v) is 9.02. The van der Waals surface area contributed by atoms with Gasteiger partial charge in [0, 0.05) is 17.5 Å². The van der Waals surface area contributed by atoms with Gasteiger partial charge in [-0.3, -0.25) is 9.59 Å². The van der Waals surface area contributed by atoms with Crippen molar-refractivity contribution in [2.24, 2.45) is 0 Å². The van der Waals surface area contributed by atoms with Crippen molar-refractivity contribution in [2.45, 2.75) is 23.5 Å². The number of hydrogen-bond acceptors (Lipinski definition) is 5. The Balaban J connectivity index is 2.18. The Morgan fingerprint density at radius 2 is 1.83 bits per heavy atom. The first kappa shape index (κ1) is 16.4. The summed E-state index contributed by atoms with van der Waals surface area (Å²) in [5.41, 5.74) is 0.748. The molecule has 0 amide bonds. The van der Waals surface area contributed by atoms with Gasteiger partial charge in [-0.15, -0.1) is 0 Å². The molecule has 1 atom stereocenters. The van der Waals surface area contributed by atoms with Gasteiger partial charge in [0.05, 0.1) is 4.90 Å². The Hall–Kier alpha value is -2.47. The van der Waals surface area contributed by atoms with E-state index < -0.39 is 15.1 Å². The minimum absolute atomic E-state index is 0.142. The molecule has 1 heterocycles. The number of ether oxygens (including phenoxy) is 1. The Morgan fingerprint density at radius 1 is 1.12 bits per heavy atom. The van der Waals surface area contributed by atoms with Gasteiger partial charge in [-0.05, 0) is 37.3 Å². The number of benzene rings is 2. The summed E-state index contributed by atoms with van der Waals surface area (Å²) >= 11 is 0. The van der Waals surface area contributed by atoms with E-state index in [1.165, 1.54) is 25.1 Å². The van der Waals surface area contributed by atoms with Crippen molar-refractivity contribution < 1.29 is 22.7 Å². The van der Waals surface area contributed by atoms with Gasteiger partial charge in [0.2, 0.25) is 0 Å². The van der Waals surface area contributed by atoms with Crippen molar-refractivity contribution in [2.75, 3.05) is 6.61 Å². The van der Waals surface area contributed by atoms with Crippen LogP contribution in [0.3, 0.4) is 0 Å². The predicted molar refractivity (Wildman–Crippen MR) is 87.9 cm³/mol. The van der Waals surface area contributed by atoms with Gasteiger partial charge in [0.25, 0.3) is 0 Å². The average molecular weight is 344 g/mol. The zero-order valence-corrected chi connectivity index (χ0v) is 13.9. The summed E-state index contributed by atoms with van der Waals surface area (Å²) in [4.78, 5) is 23.8. The van der Waals surface area contributed by atoms with Gasteiger partial charge < -0.3 is 4.74 Å². The first-order chi connectivity index (χ1) is 11.4. The van der Waals surface area contributed by atoms with Crippen LogP contribution < -0.4 is 4.74 Å². The summed E-state index contributed by atoms with van der Waals surface area (Å²) in [6.07, 6.45) is -0.175. The number of rotatable bonds is 3. The first-order valence-electron chi connectivity index (χ1n) is 7.48. The summed E-state index contributed by atoms with van der Waals surface area (Å²) < 4.78 is 31.5. The van der Waals surface area contributed by atoms with Gasteiger partial charge in [0.1, 0.15) is 17.6 Å². The highest BCUT2D eigenvalue weighted by molar-refractivity contribution is 7.91.